The number of benzene rings is 1. The van der Waals surface area contributed by atoms with E-state index in [1.165, 1.54) is 5.56 Å². The van der Waals surface area contributed by atoms with Crippen LogP contribution in [0.1, 0.15) is 39.2 Å². The van der Waals surface area contributed by atoms with Gasteiger partial charge in [0.1, 0.15) is 11.9 Å². The molecule has 1 atom stereocenters. The summed E-state index contributed by atoms with van der Waals surface area (Å²) in [7, 11) is 0. The lowest BCUT2D eigenvalue weighted by Gasteiger charge is -2.21. The number of aryl methyl sites for hydroxylation is 1. The van der Waals surface area contributed by atoms with Gasteiger partial charge >= 0.3 is 6.09 Å². The van der Waals surface area contributed by atoms with Crippen LogP contribution in [-0.2, 0) is 16.0 Å². The largest absolute Gasteiger partial charge is 0.444 e. The topological polar surface area (TPSA) is 55.4 Å². The summed E-state index contributed by atoms with van der Waals surface area (Å²) in [6.45, 7) is 5.37. The quantitative estimate of drug-likeness (QED) is 0.813. The van der Waals surface area contributed by atoms with Gasteiger partial charge in [-0.25, -0.2) is 4.79 Å². The summed E-state index contributed by atoms with van der Waals surface area (Å²) in [5, 5.41) is 2.58. The van der Waals surface area contributed by atoms with Crippen LogP contribution < -0.4 is 5.32 Å². The minimum Gasteiger partial charge on any atom is -0.444 e. The molecular formula is C16H23NO3. The monoisotopic (exact) mass is 277 g/mol. The molecule has 4 nitrogen and oxygen atoms in total. The Balaban J connectivity index is 2.33. The van der Waals surface area contributed by atoms with E-state index in [4.69, 9.17) is 4.74 Å². The number of nitrogens with one attached hydrogen (secondary N) is 1. The maximum absolute atomic E-state index is 11.6. The molecule has 0 radical (unpaired) electrons. The van der Waals surface area contributed by atoms with E-state index >= 15 is 0 Å². The highest BCUT2D eigenvalue weighted by molar-refractivity contribution is 5.73. The van der Waals surface area contributed by atoms with E-state index in [0.29, 0.717) is 6.42 Å². The zero-order valence-electron chi connectivity index (χ0n) is 12.4. The van der Waals surface area contributed by atoms with Crippen LogP contribution in [0.15, 0.2) is 30.3 Å². The number of carbonyl (C=O) groups is 2. The van der Waals surface area contributed by atoms with E-state index < -0.39 is 17.7 Å². The highest BCUT2D eigenvalue weighted by atomic mass is 16.6. The maximum Gasteiger partial charge on any atom is 0.408 e. The van der Waals surface area contributed by atoms with Crippen molar-refractivity contribution < 1.29 is 14.3 Å². The fourth-order valence-corrected chi connectivity index (χ4v) is 1.80. The van der Waals surface area contributed by atoms with Gasteiger partial charge in [-0.05, 0) is 45.6 Å². The average molecular weight is 277 g/mol. The van der Waals surface area contributed by atoms with Crippen molar-refractivity contribution in [3.05, 3.63) is 35.9 Å². The number of aldehydes is 1. The Hall–Kier alpha value is -1.84. The summed E-state index contributed by atoms with van der Waals surface area (Å²) < 4.78 is 5.13. The Bertz CT molecular complexity index is 423. The molecule has 0 bridgehead atoms. The first-order valence-corrected chi connectivity index (χ1v) is 6.89. The van der Waals surface area contributed by atoms with E-state index in [0.717, 1.165) is 19.1 Å². The molecule has 1 N–H and O–H groups in total. The van der Waals surface area contributed by atoms with Crippen LogP contribution in [0.25, 0.3) is 0 Å². The van der Waals surface area contributed by atoms with Crippen molar-refractivity contribution in [2.75, 3.05) is 0 Å². The first kappa shape index (κ1) is 16.2. The lowest BCUT2D eigenvalue weighted by molar-refractivity contribution is -0.109. The smallest absolute Gasteiger partial charge is 0.408 e. The van der Waals surface area contributed by atoms with Gasteiger partial charge in [-0.2, -0.15) is 0 Å². The van der Waals surface area contributed by atoms with Crippen LogP contribution in [0.4, 0.5) is 4.79 Å². The van der Waals surface area contributed by atoms with Gasteiger partial charge in [0.2, 0.25) is 0 Å². The molecule has 1 aromatic carbocycles. The van der Waals surface area contributed by atoms with Crippen LogP contribution in [0.2, 0.25) is 0 Å². The summed E-state index contributed by atoms with van der Waals surface area (Å²) in [5.74, 6) is 0. The van der Waals surface area contributed by atoms with Gasteiger partial charge in [0, 0.05) is 0 Å². The predicted molar refractivity (Wildman–Crippen MR) is 78.6 cm³/mol. The van der Waals surface area contributed by atoms with Gasteiger partial charge in [0.15, 0.2) is 0 Å². The number of rotatable bonds is 6. The molecule has 20 heavy (non-hydrogen) atoms. The molecular weight excluding hydrogens is 254 g/mol. The Morgan fingerprint density at radius 3 is 2.50 bits per heavy atom. The maximum atomic E-state index is 11.6. The molecule has 0 aromatic heterocycles. The van der Waals surface area contributed by atoms with E-state index in [2.05, 4.69) is 17.4 Å². The molecule has 1 amide bonds. The molecule has 0 spiro atoms. The van der Waals surface area contributed by atoms with Crippen LogP contribution in [0, 0.1) is 0 Å². The highest BCUT2D eigenvalue weighted by Gasteiger charge is 2.18. The molecule has 0 heterocycles. The molecule has 0 aliphatic heterocycles. The van der Waals surface area contributed by atoms with Crippen molar-refractivity contribution in [2.45, 2.75) is 51.7 Å². The minimum absolute atomic E-state index is 0.492. The van der Waals surface area contributed by atoms with Crippen molar-refractivity contribution >= 4 is 12.4 Å². The lowest BCUT2D eigenvalue weighted by Crippen LogP contribution is -2.40. The zero-order chi connectivity index (χ0) is 15.0. The van der Waals surface area contributed by atoms with Gasteiger partial charge in [-0.3, -0.25) is 0 Å². The summed E-state index contributed by atoms with van der Waals surface area (Å²) in [6.07, 6.45) is 2.55. The number of alkyl carbamates (subject to hydrolysis) is 1. The SMILES string of the molecule is CC(C)(C)OC(=O)N[C@H](C=O)CCCc1ccccc1. The van der Waals surface area contributed by atoms with Crippen molar-refractivity contribution in [2.24, 2.45) is 0 Å². The molecule has 1 aromatic rings. The van der Waals surface area contributed by atoms with Gasteiger partial charge < -0.3 is 14.8 Å². The third-order valence-electron chi connectivity index (χ3n) is 2.69. The second kappa shape index (κ2) is 7.68. The fraction of sp³-hybridized carbons (Fsp3) is 0.500. The van der Waals surface area contributed by atoms with Crippen LogP contribution >= 0.6 is 0 Å². The number of carbonyl (C=O) groups excluding carboxylic acids is 2. The van der Waals surface area contributed by atoms with Crippen LogP contribution in [-0.4, -0.2) is 24.0 Å². The van der Waals surface area contributed by atoms with Crippen molar-refractivity contribution in [1.29, 1.82) is 0 Å². The molecule has 0 aliphatic rings. The second-order valence-corrected chi connectivity index (χ2v) is 5.77. The van der Waals surface area contributed by atoms with Crippen molar-refractivity contribution in [1.82, 2.24) is 5.32 Å². The first-order chi connectivity index (χ1) is 9.40. The standard InChI is InChI=1S/C16H23NO3/c1-16(2,3)20-15(19)17-14(12-18)11-7-10-13-8-5-4-6-9-13/h4-6,8-9,12,14H,7,10-11H2,1-3H3,(H,17,19)/t14-/m0/s1. The molecule has 1 rings (SSSR count). The average Bonchev–Trinajstić information content (AvgIpc) is 2.36. The molecule has 110 valence electrons. The molecule has 0 fully saturated rings. The van der Waals surface area contributed by atoms with E-state index in [-0.39, 0.29) is 0 Å². The van der Waals surface area contributed by atoms with E-state index in [9.17, 15) is 9.59 Å². The molecule has 0 unspecified atom stereocenters. The minimum atomic E-state index is -0.554. The molecule has 0 saturated carbocycles. The number of hydrogen-bond acceptors (Lipinski definition) is 3. The molecule has 4 heteroatoms. The summed E-state index contributed by atoms with van der Waals surface area (Å²) in [5.41, 5.74) is 0.677. The third-order valence-corrected chi connectivity index (χ3v) is 2.69. The number of hydrogen-bond donors (Lipinski definition) is 1. The van der Waals surface area contributed by atoms with Gasteiger partial charge in [0.05, 0.1) is 6.04 Å². The van der Waals surface area contributed by atoms with Gasteiger partial charge in [-0.1, -0.05) is 30.3 Å². The first-order valence-electron chi connectivity index (χ1n) is 6.89. The van der Waals surface area contributed by atoms with Gasteiger partial charge in [0.25, 0.3) is 0 Å². The number of amides is 1. The zero-order valence-corrected chi connectivity index (χ0v) is 12.4. The summed E-state index contributed by atoms with van der Waals surface area (Å²) in [4.78, 5) is 22.5. The highest BCUT2D eigenvalue weighted by Crippen LogP contribution is 2.09. The lowest BCUT2D eigenvalue weighted by atomic mass is 10.1. The predicted octanol–water partition coefficient (Wildman–Crippen LogP) is 3.10. The number of ether oxygens (including phenoxy) is 1. The van der Waals surface area contributed by atoms with Crippen molar-refractivity contribution in [3.8, 4) is 0 Å². The third kappa shape index (κ3) is 6.92. The second-order valence-electron chi connectivity index (χ2n) is 5.77. The van der Waals surface area contributed by atoms with Crippen LogP contribution in [0.3, 0.4) is 0 Å². The fourth-order valence-electron chi connectivity index (χ4n) is 1.80. The van der Waals surface area contributed by atoms with Crippen LogP contribution in [0.5, 0.6) is 0 Å². The van der Waals surface area contributed by atoms with E-state index in [1.807, 2.05) is 18.2 Å². The van der Waals surface area contributed by atoms with E-state index in [1.54, 1.807) is 20.8 Å². The van der Waals surface area contributed by atoms with Gasteiger partial charge in [-0.15, -0.1) is 0 Å². The Morgan fingerprint density at radius 2 is 1.95 bits per heavy atom. The molecule has 0 saturated heterocycles. The Kier molecular flexibility index (Phi) is 6.22. The summed E-state index contributed by atoms with van der Waals surface area (Å²) >= 11 is 0. The normalized spacial score (nSPS) is 12.6. The molecule has 0 aliphatic carbocycles. The summed E-state index contributed by atoms with van der Waals surface area (Å²) in [6, 6.07) is 9.57. The Labute approximate surface area is 120 Å². The Morgan fingerprint density at radius 1 is 1.30 bits per heavy atom. The van der Waals surface area contributed by atoms with Crippen molar-refractivity contribution in [3.63, 3.8) is 0 Å².